The summed E-state index contributed by atoms with van der Waals surface area (Å²) in [4.78, 5) is 8.13. The lowest BCUT2D eigenvalue weighted by atomic mass is 10.4. The summed E-state index contributed by atoms with van der Waals surface area (Å²) >= 11 is 11.6. The van der Waals surface area contributed by atoms with E-state index in [4.69, 9.17) is 27.9 Å². The highest BCUT2D eigenvalue weighted by Crippen LogP contribution is 2.18. The average Bonchev–Trinajstić information content (AvgIpc) is 2.72. The highest BCUT2D eigenvalue weighted by atomic mass is 35.5. The molecule has 0 radical (unpaired) electrons. The summed E-state index contributed by atoms with van der Waals surface area (Å²) in [6, 6.07) is 0. The van der Waals surface area contributed by atoms with Crippen LogP contribution in [0.15, 0.2) is 6.20 Å². The standard InChI is InChI=1S/C11H14Cl2N4O/c1-2-4-18-5-3-17-9-7-14-11(13)15-10(9)8(6-12)16-17/h7H,2-6H2,1H3. The fraction of sp³-hybridized carbons (Fsp3) is 0.545. The van der Waals surface area contributed by atoms with Gasteiger partial charge in [-0.05, 0) is 18.0 Å². The van der Waals surface area contributed by atoms with Gasteiger partial charge in [-0.25, -0.2) is 9.97 Å². The van der Waals surface area contributed by atoms with Crippen LogP contribution in [-0.4, -0.2) is 33.0 Å². The number of nitrogens with zero attached hydrogens (tertiary/aromatic N) is 4. The molecule has 0 aliphatic heterocycles. The monoisotopic (exact) mass is 288 g/mol. The molecule has 0 aliphatic carbocycles. The summed E-state index contributed by atoms with van der Waals surface area (Å²) in [6.45, 7) is 4.09. The predicted molar refractivity (Wildman–Crippen MR) is 71.0 cm³/mol. The second-order valence-corrected chi connectivity index (χ2v) is 4.39. The number of aromatic nitrogens is 4. The van der Waals surface area contributed by atoms with Gasteiger partial charge >= 0.3 is 0 Å². The van der Waals surface area contributed by atoms with E-state index in [0.29, 0.717) is 30.2 Å². The SMILES string of the molecule is CCCOCCn1nc(CCl)c2nc(Cl)ncc21. The molecule has 7 heteroatoms. The zero-order chi connectivity index (χ0) is 13.0. The minimum Gasteiger partial charge on any atom is -0.380 e. The molecule has 0 aliphatic rings. The molecule has 2 aromatic heterocycles. The molecule has 0 unspecified atom stereocenters. The molecule has 2 rings (SSSR count). The molecule has 18 heavy (non-hydrogen) atoms. The Morgan fingerprint density at radius 3 is 2.94 bits per heavy atom. The smallest absolute Gasteiger partial charge is 0.223 e. The van der Waals surface area contributed by atoms with Gasteiger partial charge in [0.15, 0.2) is 0 Å². The van der Waals surface area contributed by atoms with Crippen molar-refractivity contribution >= 4 is 34.2 Å². The van der Waals surface area contributed by atoms with Gasteiger partial charge in [-0.15, -0.1) is 11.6 Å². The van der Waals surface area contributed by atoms with Crippen LogP contribution in [0, 0.1) is 0 Å². The number of hydrogen-bond acceptors (Lipinski definition) is 4. The second kappa shape index (κ2) is 6.31. The molecule has 0 aromatic carbocycles. The molecule has 0 amide bonds. The molecular weight excluding hydrogens is 275 g/mol. The van der Waals surface area contributed by atoms with E-state index in [2.05, 4.69) is 22.0 Å². The molecule has 0 saturated heterocycles. The van der Waals surface area contributed by atoms with Crippen LogP contribution in [0.2, 0.25) is 5.28 Å². The Balaban J connectivity index is 2.22. The maximum absolute atomic E-state index is 5.84. The van der Waals surface area contributed by atoms with E-state index in [1.165, 1.54) is 0 Å². The van der Waals surface area contributed by atoms with Gasteiger partial charge in [-0.1, -0.05) is 6.92 Å². The molecule has 0 N–H and O–H groups in total. The van der Waals surface area contributed by atoms with Crippen LogP contribution in [-0.2, 0) is 17.2 Å². The summed E-state index contributed by atoms with van der Waals surface area (Å²) in [7, 11) is 0. The number of rotatable bonds is 6. The third-order valence-electron chi connectivity index (χ3n) is 2.46. The maximum atomic E-state index is 5.84. The van der Waals surface area contributed by atoms with Gasteiger partial charge in [-0.3, -0.25) is 4.68 Å². The van der Waals surface area contributed by atoms with Gasteiger partial charge in [0, 0.05) is 6.61 Å². The van der Waals surface area contributed by atoms with E-state index < -0.39 is 0 Å². The molecule has 2 aromatic rings. The van der Waals surface area contributed by atoms with Crippen molar-refractivity contribution in [3.8, 4) is 0 Å². The summed E-state index contributed by atoms with van der Waals surface area (Å²) in [6.07, 6.45) is 2.67. The second-order valence-electron chi connectivity index (χ2n) is 3.79. The van der Waals surface area contributed by atoms with Crippen molar-refractivity contribution in [1.82, 2.24) is 19.7 Å². The normalized spacial score (nSPS) is 11.3. The quantitative estimate of drug-likeness (QED) is 0.466. The zero-order valence-electron chi connectivity index (χ0n) is 10.1. The summed E-state index contributed by atoms with van der Waals surface area (Å²) < 4.78 is 7.25. The predicted octanol–water partition coefficient (Wildman–Crippen LogP) is 2.65. The number of halogens is 2. The van der Waals surface area contributed by atoms with Gasteiger partial charge in [0.05, 0.1) is 25.2 Å². The van der Waals surface area contributed by atoms with E-state index in [1.54, 1.807) is 10.9 Å². The van der Waals surface area contributed by atoms with Crippen molar-refractivity contribution in [3.63, 3.8) is 0 Å². The molecule has 0 fully saturated rings. The van der Waals surface area contributed by atoms with E-state index in [9.17, 15) is 0 Å². The molecule has 0 atom stereocenters. The number of hydrogen-bond donors (Lipinski definition) is 0. The Morgan fingerprint density at radius 1 is 1.39 bits per heavy atom. The minimum atomic E-state index is 0.204. The Kier molecular flexibility index (Phi) is 4.74. The average molecular weight is 289 g/mol. The maximum Gasteiger partial charge on any atom is 0.223 e. The first kappa shape index (κ1) is 13.5. The zero-order valence-corrected chi connectivity index (χ0v) is 11.6. The van der Waals surface area contributed by atoms with Crippen LogP contribution in [0.5, 0.6) is 0 Å². The van der Waals surface area contributed by atoms with Gasteiger partial charge in [0.2, 0.25) is 5.28 Å². The number of ether oxygens (including phenoxy) is 1. The van der Waals surface area contributed by atoms with Crippen molar-refractivity contribution in [3.05, 3.63) is 17.2 Å². The third-order valence-corrected chi connectivity index (χ3v) is 2.89. The number of fused-ring (bicyclic) bond motifs is 1. The van der Waals surface area contributed by atoms with Gasteiger partial charge in [0.25, 0.3) is 0 Å². The van der Waals surface area contributed by atoms with Crippen molar-refractivity contribution in [1.29, 1.82) is 0 Å². The van der Waals surface area contributed by atoms with Crippen LogP contribution >= 0.6 is 23.2 Å². The Hall–Kier alpha value is -0.910. The van der Waals surface area contributed by atoms with Crippen LogP contribution in [0.3, 0.4) is 0 Å². The van der Waals surface area contributed by atoms with Crippen LogP contribution in [0.4, 0.5) is 0 Å². The Morgan fingerprint density at radius 2 is 2.22 bits per heavy atom. The lowest BCUT2D eigenvalue weighted by molar-refractivity contribution is 0.125. The molecule has 0 saturated carbocycles. The lowest BCUT2D eigenvalue weighted by Crippen LogP contribution is -2.08. The molecule has 2 heterocycles. The fourth-order valence-corrected chi connectivity index (χ4v) is 1.97. The number of alkyl halides is 1. The first-order chi connectivity index (χ1) is 8.76. The molecular formula is C11H14Cl2N4O. The van der Waals surface area contributed by atoms with E-state index in [1.807, 2.05) is 0 Å². The molecule has 98 valence electrons. The largest absolute Gasteiger partial charge is 0.380 e. The van der Waals surface area contributed by atoms with E-state index >= 15 is 0 Å². The fourth-order valence-electron chi connectivity index (χ4n) is 1.66. The van der Waals surface area contributed by atoms with Crippen molar-refractivity contribution in [2.75, 3.05) is 13.2 Å². The first-order valence-corrected chi connectivity index (χ1v) is 6.69. The van der Waals surface area contributed by atoms with Crippen molar-refractivity contribution in [2.24, 2.45) is 0 Å². The highest BCUT2D eigenvalue weighted by molar-refractivity contribution is 6.28. The highest BCUT2D eigenvalue weighted by Gasteiger charge is 2.12. The molecule has 0 bridgehead atoms. The summed E-state index contributed by atoms with van der Waals surface area (Å²) in [5.41, 5.74) is 2.25. The summed E-state index contributed by atoms with van der Waals surface area (Å²) in [5.74, 6) is 0.298. The van der Waals surface area contributed by atoms with Crippen LogP contribution < -0.4 is 0 Å². The minimum absolute atomic E-state index is 0.204. The topological polar surface area (TPSA) is 52.8 Å². The van der Waals surface area contributed by atoms with Gasteiger partial charge in [0.1, 0.15) is 16.7 Å². The summed E-state index contributed by atoms with van der Waals surface area (Å²) in [5, 5.41) is 4.59. The van der Waals surface area contributed by atoms with Crippen LogP contribution in [0.25, 0.3) is 11.0 Å². The van der Waals surface area contributed by atoms with E-state index in [0.717, 1.165) is 18.5 Å². The Bertz CT molecular complexity index is 529. The van der Waals surface area contributed by atoms with Crippen molar-refractivity contribution < 1.29 is 4.74 Å². The van der Waals surface area contributed by atoms with Gasteiger partial charge < -0.3 is 4.74 Å². The Labute approximate surface area is 115 Å². The third kappa shape index (κ3) is 2.91. The van der Waals surface area contributed by atoms with E-state index in [-0.39, 0.29) is 5.28 Å². The first-order valence-electron chi connectivity index (χ1n) is 5.78. The van der Waals surface area contributed by atoms with Gasteiger partial charge in [-0.2, -0.15) is 5.10 Å². The molecule has 0 spiro atoms. The van der Waals surface area contributed by atoms with Crippen LogP contribution in [0.1, 0.15) is 19.0 Å². The molecule has 5 nitrogen and oxygen atoms in total. The lowest BCUT2D eigenvalue weighted by Gasteiger charge is -2.03. The van der Waals surface area contributed by atoms with Crippen molar-refractivity contribution in [2.45, 2.75) is 25.8 Å².